The van der Waals surface area contributed by atoms with Gasteiger partial charge in [0.1, 0.15) is 0 Å². The molecule has 0 fully saturated rings. The van der Waals surface area contributed by atoms with Crippen molar-refractivity contribution in [2.45, 2.75) is 20.3 Å². The Bertz CT molecular complexity index is 591. The average Bonchev–Trinajstić information content (AvgIpc) is 2.56. The zero-order valence-electron chi connectivity index (χ0n) is 13.7. The lowest BCUT2D eigenvalue weighted by Gasteiger charge is -2.29. The first-order chi connectivity index (χ1) is 11.0. The largest absolute Gasteiger partial charge is 0.399 e. The maximum atomic E-state index is 12.4. The molecule has 0 saturated carbocycles. The highest BCUT2D eigenvalue weighted by Gasteiger charge is 2.22. The van der Waals surface area contributed by atoms with Crippen LogP contribution in [-0.4, -0.2) is 47.9 Å². The number of nitrogens with zero attached hydrogens (tertiary/aromatic N) is 2. The van der Waals surface area contributed by atoms with Gasteiger partial charge in [-0.3, -0.25) is 15.0 Å². The Morgan fingerprint density at radius 3 is 2.48 bits per heavy atom. The summed E-state index contributed by atoms with van der Waals surface area (Å²) in [6.45, 7) is 6.41. The Kier molecular flexibility index (Phi) is 5.76. The van der Waals surface area contributed by atoms with E-state index in [-0.39, 0.29) is 11.8 Å². The SMILES string of the molecule is CCN(CC)C(=O)C1=CCCN(NC(=O)c2ccc(N)cc2)C1. The van der Waals surface area contributed by atoms with Crippen LogP contribution >= 0.6 is 0 Å². The highest BCUT2D eigenvalue weighted by molar-refractivity contribution is 5.95. The normalized spacial score (nSPS) is 15.0. The van der Waals surface area contributed by atoms with Crippen LogP contribution in [0.3, 0.4) is 0 Å². The van der Waals surface area contributed by atoms with Crippen molar-refractivity contribution in [2.75, 3.05) is 31.9 Å². The number of anilines is 1. The van der Waals surface area contributed by atoms with E-state index < -0.39 is 0 Å². The van der Waals surface area contributed by atoms with Crippen LogP contribution in [0.25, 0.3) is 0 Å². The van der Waals surface area contributed by atoms with Gasteiger partial charge in [0.05, 0.1) is 0 Å². The molecular weight excluding hydrogens is 292 g/mol. The first-order valence-corrected chi connectivity index (χ1v) is 7.95. The van der Waals surface area contributed by atoms with Crippen LogP contribution in [0.2, 0.25) is 0 Å². The fourth-order valence-electron chi connectivity index (χ4n) is 2.55. The lowest BCUT2D eigenvalue weighted by molar-refractivity contribution is -0.127. The summed E-state index contributed by atoms with van der Waals surface area (Å²) in [7, 11) is 0. The van der Waals surface area contributed by atoms with Crippen molar-refractivity contribution in [3.63, 3.8) is 0 Å². The lowest BCUT2D eigenvalue weighted by Crippen LogP contribution is -2.47. The zero-order valence-corrected chi connectivity index (χ0v) is 13.7. The summed E-state index contributed by atoms with van der Waals surface area (Å²) in [5.74, 6) is -0.150. The van der Waals surface area contributed by atoms with E-state index in [1.54, 1.807) is 34.2 Å². The second-order valence-corrected chi connectivity index (χ2v) is 5.48. The minimum absolute atomic E-state index is 0.0430. The second-order valence-electron chi connectivity index (χ2n) is 5.48. The first-order valence-electron chi connectivity index (χ1n) is 7.95. The maximum absolute atomic E-state index is 12.4. The molecule has 23 heavy (non-hydrogen) atoms. The first kappa shape index (κ1) is 17.0. The van der Waals surface area contributed by atoms with Crippen molar-refractivity contribution in [3.05, 3.63) is 41.5 Å². The van der Waals surface area contributed by atoms with Crippen LogP contribution in [0, 0.1) is 0 Å². The number of carbonyl (C=O) groups is 2. The van der Waals surface area contributed by atoms with Gasteiger partial charge in [0, 0.05) is 43.0 Å². The number of nitrogens with two attached hydrogens (primary N) is 1. The van der Waals surface area contributed by atoms with E-state index in [1.807, 2.05) is 19.9 Å². The third kappa shape index (κ3) is 4.32. The van der Waals surface area contributed by atoms with Crippen molar-refractivity contribution in [1.82, 2.24) is 15.3 Å². The summed E-state index contributed by atoms with van der Waals surface area (Å²) >= 11 is 0. The molecule has 2 rings (SSSR count). The van der Waals surface area contributed by atoms with Gasteiger partial charge in [-0.15, -0.1) is 0 Å². The lowest BCUT2D eigenvalue weighted by atomic mass is 10.1. The molecule has 6 heteroatoms. The Hall–Kier alpha value is -2.34. The smallest absolute Gasteiger partial charge is 0.265 e. The third-order valence-corrected chi connectivity index (χ3v) is 3.91. The van der Waals surface area contributed by atoms with Crippen LogP contribution in [-0.2, 0) is 4.79 Å². The predicted octanol–water partition coefficient (Wildman–Crippen LogP) is 1.41. The Balaban J connectivity index is 1.97. The highest BCUT2D eigenvalue weighted by atomic mass is 16.2. The summed E-state index contributed by atoms with van der Waals surface area (Å²) in [5, 5.41) is 1.79. The van der Waals surface area contributed by atoms with Gasteiger partial charge in [-0.05, 0) is 44.5 Å². The van der Waals surface area contributed by atoms with Crippen LogP contribution in [0.4, 0.5) is 5.69 Å². The van der Waals surface area contributed by atoms with Crippen molar-refractivity contribution in [3.8, 4) is 0 Å². The van der Waals surface area contributed by atoms with E-state index in [4.69, 9.17) is 5.73 Å². The molecule has 3 N–H and O–H groups in total. The van der Waals surface area contributed by atoms with Crippen LogP contribution in [0.5, 0.6) is 0 Å². The number of benzene rings is 1. The molecule has 1 heterocycles. The van der Waals surface area contributed by atoms with E-state index in [2.05, 4.69) is 5.43 Å². The van der Waals surface area contributed by atoms with E-state index >= 15 is 0 Å². The summed E-state index contributed by atoms with van der Waals surface area (Å²) in [4.78, 5) is 26.4. The van der Waals surface area contributed by atoms with Gasteiger partial charge in [0.25, 0.3) is 11.8 Å². The van der Waals surface area contributed by atoms with E-state index in [0.29, 0.717) is 37.4 Å². The van der Waals surface area contributed by atoms with E-state index in [1.165, 1.54) is 0 Å². The third-order valence-electron chi connectivity index (χ3n) is 3.91. The number of likely N-dealkylation sites (N-methyl/N-ethyl adjacent to an activating group) is 1. The molecule has 2 amide bonds. The molecule has 1 aromatic carbocycles. The standard InChI is InChI=1S/C17H24N4O2/c1-3-20(4-2)17(23)14-6-5-11-21(12-14)19-16(22)13-7-9-15(18)10-8-13/h6-10H,3-5,11-12,18H2,1-2H3,(H,19,22). The Labute approximate surface area is 136 Å². The summed E-state index contributed by atoms with van der Waals surface area (Å²) in [5.41, 5.74) is 10.4. The number of rotatable bonds is 5. The number of amides is 2. The summed E-state index contributed by atoms with van der Waals surface area (Å²) < 4.78 is 0. The van der Waals surface area contributed by atoms with Gasteiger partial charge in [-0.1, -0.05) is 6.08 Å². The average molecular weight is 316 g/mol. The molecule has 0 spiro atoms. The predicted molar refractivity (Wildman–Crippen MR) is 90.5 cm³/mol. The number of carbonyl (C=O) groups excluding carboxylic acids is 2. The molecule has 0 saturated heterocycles. The van der Waals surface area contributed by atoms with Gasteiger partial charge < -0.3 is 10.6 Å². The summed E-state index contributed by atoms with van der Waals surface area (Å²) in [6, 6.07) is 6.76. The minimum atomic E-state index is -0.193. The van der Waals surface area contributed by atoms with Gasteiger partial charge >= 0.3 is 0 Å². The molecule has 124 valence electrons. The van der Waals surface area contributed by atoms with Crippen LogP contribution in [0.15, 0.2) is 35.9 Å². The minimum Gasteiger partial charge on any atom is -0.399 e. The van der Waals surface area contributed by atoms with Gasteiger partial charge in [-0.25, -0.2) is 5.01 Å². The molecular formula is C17H24N4O2. The quantitative estimate of drug-likeness (QED) is 0.805. The Morgan fingerprint density at radius 2 is 1.87 bits per heavy atom. The van der Waals surface area contributed by atoms with Gasteiger partial charge in [-0.2, -0.15) is 0 Å². The van der Waals surface area contributed by atoms with Gasteiger partial charge in [0.15, 0.2) is 0 Å². The van der Waals surface area contributed by atoms with E-state index in [0.717, 1.165) is 12.0 Å². The van der Waals surface area contributed by atoms with Crippen LogP contribution in [0.1, 0.15) is 30.6 Å². The Morgan fingerprint density at radius 1 is 1.22 bits per heavy atom. The van der Waals surface area contributed by atoms with Gasteiger partial charge in [0.2, 0.25) is 0 Å². The van der Waals surface area contributed by atoms with Crippen molar-refractivity contribution >= 4 is 17.5 Å². The molecule has 1 aromatic rings. The van der Waals surface area contributed by atoms with Crippen molar-refractivity contribution < 1.29 is 9.59 Å². The second kappa shape index (κ2) is 7.78. The molecule has 0 unspecified atom stereocenters. The maximum Gasteiger partial charge on any atom is 0.265 e. The molecule has 0 radical (unpaired) electrons. The fraction of sp³-hybridized carbons (Fsp3) is 0.412. The molecule has 0 aromatic heterocycles. The van der Waals surface area contributed by atoms with Crippen LogP contribution < -0.4 is 11.2 Å². The highest BCUT2D eigenvalue weighted by Crippen LogP contribution is 2.12. The molecule has 1 aliphatic heterocycles. The van der Waals surface area contributed by atoms with Crippen molar-refractivity contribution in [2.24, 2.45) is 0 Å². The van der Waals surface area contributed by atoms with Crippen molar-refractivity contribution in [1.29, 1.82) is 0 Å². The number of hydrogen-bond donors (Lipinski definition) is 2. The fourth-order valence-corrected chi connectivity index (χ4v) is 2.55. The molecule has 6 nitrogen and oxygen atoms in total. The molecule has 1 aliphatic rings. The molecule has 0 atom stereocenters. The number of hydrazine groups is 1. The van der Waals surface area contributed by atoms with E-state index in [9.17, 15) is 9.59 Å². The monoisotopic (exact) mass is 316 g/mol. The number of nitrogen functional groups attached to an aromatic ring is 1. The molecule has 0 aliphatic carbocycles. The topological polar surface area (TPSA) is 78.7 Å². The molecule has 0 bridgehead atoms. The number of hydrogen-bond acceptors (Lipinski definition) is 4. The zero-order chi connectivity index (χ0) is 16.8. The summed E-state index contributed by atoms with van der Waals surface area (Å²) in [6.07, 6.45) is 2.71. The number of nitrogens with one attached hydrogen (secondary N) is 1.